The fourth-order valence-electron chi connectivity index (χ4n) is 1.75. The molecule has 0 fully saturated rings. The van der Waals surface area contributed by atoms with Gasteiger partial charge in [-0.1, -0.05) is 44.2 Å². The summed E-state index contributed by atoms with van der Waals surface area (Å²) in [6.07, 6.45) is 2.00. The Kier molecular flexibility index (Phi) is 6.06. The Morgan fingerprint density at radius 3 is 2.37 bits per heavy atom. The summed E-state index contributed by atoms with van der Waals surface area (Å²) in [7, 11) is 0. The molecule has 0 aromatic heterocycles. The van der Waals surface area contributed by atoms with E-state index >= 15 is 0 Å². The third-order valence-corrected chi connectivity index (χ3v) is 2.94. The van der Waals surface area contributed by atoms with Gasteiger partial charge in [0.1, 0.15) is 6.04 Å². The fraction of sp³-hybridized carbons (Fsp3) is 0.467. The summed E-state index contributed by atoms with van der Waals surface area (Å²) < 4.78 is 0. The normalized spacial score (nSPS) is 12.2. The molecule has 4 nitrogen and oxygen atoms in total. The number of aryl methyl sites for hydroxylation is 1. The molecule has 2 N–H and O–H groups in total. The molecule has 0 saturated carbocycles. The van der Waals surface area contributed by atoms with Gasteiger partial charge in [-0.2, -0.15) is 0 Å². The number of rotatable bonds is 7. The van der Waals surface area contributed by atoms with Crippen LogP contribution in [0.4, 0.5) is 0 Å². The summed E-state index contributed by atoms with van der Waals surface area (Å²) >= 11 is 0. The number of carboxylic acids is 1. The zero-order valence-electron chi connectivity index (χ0n) is 11.4. The predicted molar refractivity (Wildman–Crippen MR) is 73.8 cm³/mol. The number of hydrogen-bond donors (Lipinski definition) is 2. The van der Waals surface area contributed by atoms with Gasteiger partial charge in [-0.05, 0) is 24.8 Å². The molecule has 0 aliphatic heterocycles. The van der Waals surface area contributed by atoms with Gasteiger partial charge in [-0.25, -0.2) is 4.79 Å². The van der Waals surface area contributed by atoms with Crippen LogP contribution >= 0.6 is 0 Å². The number of hydrogen-bond acceptors (Lipinski definition) is 2. The van der Waals surface area contributed by atoms with Crippen molar-refractivity contribution in [2.75, 3.05) is 0 Å². The summed E-state index contributed by atoms with van der Waals surface area (Å²) in [6.45, 7) is 3.50. The van der Waals surface area contributed by atoms with E-state index in [1.165, 1.54) is 5.56 Å². The SMILES string of the molecule is CC(C)C(=O)N[C@@H](CCCc1ccccc1)C(=O)O. The van der Waals surface area contributed by atoms with Gasteiger partial charge in [0.05, 0.1) is 0 Å². The molecule has 0 unspecified atom stereocenters. The van der Waals surface area contributed by atoms with E-state index in [0.717, 1.165) is 12.8 Å². The number of carbonyl (C=O) groups is 2. The Morgan fingerprint density at radius 2 is 1.84 bits per heavy atom. The van der Waals surface area contributed by atoms with Gasteiger partial charge in [0.2, 0.25) is 5.91 Å². The number of carboxylic acid groups (broad SMARTS) is 1. The van der Waals surface area contributed by atoms with Crippen LogP contribution in [0.15, 0.2) is 30.3 Å². The summed E-state index contributed by atoms with van der Waals surface area (Å²) in [5.41, 5.74) is 1.18. The van der Waals surface area contributed by atoms with Crippen LogP contribution in [-0.4, -0.2) is 23.0 Å². The maximum absolute atomic E-state index is 11.5. The van der Waals surface area contributed by atoms with Crippen LogP contribution in [0.5, 0.6) is 0 Å². The minimum Gasteiger partial charge on any atom is -0.480 e. The lowest BCUT2D eigenvalue weighted by molar-refractivity contribution is -0.142. The lowest BCUT2D eigenvalue weighted by Crippen LogP contribution is -2.42. The van der Waals surface area contributed by atoms with Crippen molar-refractivity contribution >= 4 is 11.9 Å². The van der Waals surface area contributed by atoms with E-state index in [1.807, 2.05) is 30.3 Å². The topological polar surface area (TPSA) is 66.4 Å². The summed E-state index contributed by atoms with van der Waals surface area (Å²) in [5, 5.41) is 11.7. The lowest BCUT2D eigenvalue weighted by atomic mass is 10.0. The molecule has 0 radical (unpaired) electrons. The second-order valence-electron chi connectivity index (χ2n) is 4.93. The Morgan fingerprint density at radius 1 is 1.21 bits per heavy atom. The highest BCUT2D eigenvalue weighted by Crippen LogP contribution is 2.07. The zero-order valence-corrected chi connectivity index (χ0v) is 11.4. The van der Waals surface area contributed by atoms with Gasteiger partial charge in [0.25, 0.3) is 0 Å². The number of nitrogens with one attached hydrogen (secondary N) is 1. The highest BCUT2D eigenvalue weighted by atomic mass is 16.4. The molecule has 1 rings (SSSR count). The molecule has 0 heterocycles. The van der Waals surface area contributed by atoms with E-state index < -0.39 is 12.0 Å². The first-order chi connectivity index (χ1) is 9.00. The van der Waals surface area contributed by atoms with Crippen LogP contribution in [0.1, 0.15) is 32.3 Å². The van der Waals surface area contributed by atoms with Crippen molar-refractivity contribution in [3.8, 4) is 0 Å². The minimum absolute atomic E-state index is 0.198. The monoisotopic (exact) mass is 263 g/mol. The summed E-state index contributed by atoms with van der Waals surface area (Å²) in [4.78, 5) is 22.6. The van der Waals surface area contributed by atoms with Gasteiger partial charge in [0.15, 0.2) is 0 Å². The van der Waals surface area contributed by atoms with Crippen LogP contribution in [-0.2, 0) is 16.0 Å². The molecule has 19 heavy (non-hydrogen) atoms. The van der Waals surface area contributed by atoms with Crippen LogP contribution in [0.2, 0.25) is 0 Å². The molecule has 1 aromatic rings. The number of carbonyl (C=O) groups excluding carboxylic acids is 1. The van der Waals surface area contributed by atoms with Crippen molar-refractivity contribution in [3.05, 3.63) is 35.9 Å². The number of aliphatic carboxylic acids is 1. The van der Waals surface area contributed by atoms with Crippen molar-refractivity contribution in [1.82, 2.24) is 5.32 Å². The van der Waals surface area contributed by atoms with Crippen LogP contribution in [0, 0.1) is 5.92 Å². The van der Waals surface area contributed by atoms with Gasteiger partial charge in [0, 0.05) is 5.92 Å². The quantitative estimate of drug-likeness (QED) is 0.792. The molecule has 0 aliphatic carbocycles. The Balaban J connectivity index is 2.42. The molecular formula is C15H21NO3. The third kappa shape index (κ3) is 5.55. The highest BCUT2D eigenvalue weighted by molar-refractivity contribution is 5.84. The average molecular weight is 263 g/mol. The first-order valence-corrected chi connectivity index (χ1v) is 6.58. The Bertz CT molecular complexity index is 415. The second kappa shape index (κ2) is 7.56. The Labute approximate surface area is 113 Å². The van der Waals surface area contributed by atoms with Crippen LogP contribution in [0.3, 0.4) is 0 Å². The van der Waals surface area contributed by atoms with Gasteiger partial charge in [-0.3, -0.25) is 4.79 Å². The van der Waals surface area contributed by atoms with E-state index in [1.54, 1.807) is 13.8 Å². The van der Waals surface area contributed by atoms with E-state index in [-0.39, 0.29) is 11.8 Å². The van der Waals surface area contributed by atoms with E-state index in [0.29, 0.717) is 6.42 Å². The number of benzene rings is 1. The molecule has 0 spiro atoms. The Hall–Kier alpha value is -1.84. The molecule has 0 saturated heterocycles. The molecule has 1 amide bonds. The van der Waals surface area contributed by atoms with Crippen molar-refractivity contribution in [3.63, 3.8) is 0 Å². The molecular weight excluding hydrogens is 242 g/mol. The first kappa shape index (κ1) is 15.2. The van der Waals surface area contributed by atoms with Crippen molar-refractivity contribution in [2.24, 2.45) is 5.92 Å². The average Bonchev–Trinajstić information content (AvgIpc) is 2.38. The van der Waals surface area contributed by atoms with Crippen molar-refractivity contribution in [2.45, 2.75) is 39.2 Å². The molecule has 0 aliphatic rings. The van der Waals surface area contributed by atoms with E-state index in [2.05, 4.69) is 5.32 Å². The zero-order chi connectivity index (χ0) is 14.3. The third-order valence-electron chi connectivity index (χ3n) is 2.94. The lowest BCUT2D eigenvalue weighted by Gasteiger charge is -2.15. The molecule has 4 heteroatoms. The van der Waals surface area contributed by atoms with Gasteiger partial charge in [-0.15, -0.1) is 0 Å². The molecule has 0 bridgehead atoms. The van der Waals surface area contributed by atoms with Crippen molar-refractivity contribution < 1.29 is 14.7 Å². The second-order valence-corrected chi connectivity index (χ2v) is 4.93. The fourth-order valence-corrected chi connectivity index (χ4v) is 1.75. The molecule has 1 aromatic carbocycles. The summed E-state index contributed by atoms with van der Waals surface area (Å²) in [5.74, 6) is -1.38. The smallest absolute Gasteiger partial charge is 0.326 e. The molecule has 104 valence electrons. The largest absolute Gasteiger partial charge is 0.480 e. The van der Waals surface area contributed by atoms with Gasteiger partial charge < -0.3 is 10.4 Å². The first-order valence-electron chi connectivity index (χ1n) is 6.58. The predicted octanol–water partition coefficient (Wildman–Crippen LogP) is 2.23. The molecule has 1 atom stereocenters. The van der Waals surface area contributed by atoms with E-state index in [4.69, 9.17) is 5.11 Å². The maximum Gasteiger partial charge on any atom is 0.326 e. The summed E-state index contributed by atoms with van der Waals surface area (Å²) in [6, 6.07) is 9.12. The standard InChI is InChI=1S/C15H21NO3/c1-11(2)14(17)16-13(15(18)19)10-6-9-12-7-4-3-5-8-12/h3-5,7-8,11,13H,6,9-10H2,1-2H3,(H,16,17)(H,18,19)/t13-/m0/s1. The van der Waals surface area contributed by atoms with E-state index in [9.17, 15) is 9.59 Å². The van der Waals surface area contributed by atoms with Gasteiger partial charge >= 0.3 is 5.97 Å². The minimum atomic E-state index is -0.970. The van der Waals surface area contributed by atoms with Crippen LogP contribution in [0.25, 0.3) is 0 Å². The number of amides is 1. The maximum atomic E-state index is 11.5. The van der Waals surface area contributed by atoms with Crippen molar-refractivity contribution in [1.29, 1.82) is 0 Å². The highest BCUT2D eigenvalue weighted by Gasteiger charge is 2.20. The van der Waals surface area contributed by atoms with Crippen LogP contribution < -0.4 is 5.32 Å².